The average molecular weight is 292 g/mol. The molecule has 5 nitrogen and oxygen atoms in total. The number of carbonyl (C=O) groups is 1. The number of rotatable bonds is 6. The lowest BCUT2D eigenvalue weighted by molar-refractivity contribution is -0.307. The van der Waals surface area contributed by atoms with Gasteiger partial charge in [-0.25, -0.2) is 9.97 Å². The number of carboxylic acid groups (broad SMARTS) is 1. The van der Waals surface area contributed by atoms with Crippen molar-refractivity contribution in [2.24, 2.45) is 5.92 Å². The Labute approximate surface area is 122 Å². The molecule has 2 aromatic heterocycles. The Morgan fingerprint density at radius 1 is 1.45 bits per heavy atom. The first-order valence-electron chi connectivity index (χ1n) is 6.77. The van der Waals surface area contributed by atoms with Crippen LogP contribution in [0.5, 0.6) is 0 Å². The predicted molar refractivity (Wildman–Crippen MR) is 78.7 cm³/mol. The molecule has 0 saturated carbocycles. The maximum atomic E-state index is 11.3. The fourth-order valence-electron chi connectivity index (χ4n) is 2.01. The van der Waals surface area contributed by atoms with Crippen molar-refractivity contribution in [1.29, 1.82) is 0 Å². The van der Waals surface area contributed by atoms with Crippen molar-refractivity contribution in [3.05, 3.63) is 17.3 Å². The van der Waals surface area contributed by atoms with Crippen molar-refractivity contribution in [1.82, 2.24) is 9.97 Å². The minimum Gasteiger partial charge on any atom is -0.548 e. The summed E-state index contributed by atoms with van der Waals surface area (Å²) in [6.45, 7) is 5.92. The van der Waals surface area contributed by atoms with Gasteiger partial charge in [0.2, 0.25) is 0 Å². The number of carboxylic acids is 1. The number of hydrogen-bond donors (Lipinski definition) is 1. The summed E-state index contributed by atoms with van der Waals surface area (Å²) in [5.41, 5.74) is 0. The van der Waals surface area contributed by atoms with E-state index in [9.17, 15) is 9.90 Å². The maximum Gasteiger partial charge on any atom is 0.138 e. The number of nitrogens with zero attached hydrogens (tertiary/aromatic N) is 2. The van der Waals surface area contributed by atoms with Crippen molar-refractivity contribution in [2.45, 2.75) is 39.7 Å². The molecule has 0 fully saturated rings. The first kappa shape index (κ1) is 14.7. The Balaban J connectivity index is 2.36. The molecule has 108 valence electrons. The molecule has 2 aromatic rings. The van der Waals surface area contributed by atoms with E-state index in [0.717, 1.165) is 23.1 Å². The van der Waals surface area contributed by atoms with Crippen molar-refractivity contribution in [3.8, 4) is 0 Å². The SMILES string of the molecule is CCc1cc2c(N[C@@H](C(=O)[O-])[C@@H](C)CC)ncnc2s1. The Hall–Kier alpha value is -1.69. The average Bonchev–Trinajstić information content (AvgIpc) is 2.87. The van der Waals surface area contributed by atoms with Gasteiger partial charge in [-0.2, -0.15) is 0 Å². The van der Waals surface area contributed by atoms with Crippen LogP contribution in [0.2, 0.25) is 0 Å². The van der Waals surface area contributed by atoms with E-state index in [0.29, 0.717) is 5.82 Å². The molecule has 0 aliphatic rings. The number of aromatic nitrogens is 2. The van der Waals surface area contributed by atoms with Crippen LogP contribution in [0.4, 0.5) is 5.82 Å². The van der Waals surface area contributed by atoms with Crippen molar-refractivity contribution < 1.29 is 9.90 Å². The molecule has 0 amide bonds. The molecule has 0 saturated heterocycles. The molecule has 0 spiro atoms. The molecule has 0 unspecified atom stereocenters. The van der Waals surface area contributed by atoms with Gasteiger partial charge in [0, 0.05) is 4.88 Å². The van der Waals surface area contributed by atoms with Gasteiger partial charge in [0.1, 0.15) is 17.0 Å². The van der Waals surface area contributed by atoms with Gasteiger partial charge in [-0.3, -0.25) is 0 Å². The van der Waals surface area contributed by atoms with Gasteiger partial charge in [-0.15, -0.1) is 11.3 Å². The van der Waals surface area contributed by atoms with Gasteiger partial charge in [0.25, 0.3) is 0 Å². The molecule has 1 N–H and O–H groups in total. The molecule has 2 heterocycles. The van der Waals surface area contributed by atoms with Crippen molar-refractivity contribution in [2.75, 3.05) is 5.32 Å². The Bertz CT molecular complexity index is 611. The number of fused-ring (bicyclic) bond motifs is 1. The zero-order chi connectivity index (χ0) is 14.7. The molecule has 0 radical (unpaired) electrons. The van der Waals surface area contributed by atoms with Crippen LogP contribution < -0.4 is 10.4 Å². The van der Waals surface area contributed by atoms with Gasteiger partial charge < -0.3 is 15.2 Å². The quantitative estimate of drug-likeness (QED) is 0.879. The number of anilines is 1. The molecule has 2 rings (SSSR count). The zero-order valence-electron chi connectivity index (χ0n) is 11.8. The molecule has 0 aliphatic carbocycles. The maximum absolute atomic E-state index is 11.3. The summed E-state index contributed by atoms with van der Waals surface area (Å²) in [6.07, 6.45) is 3.14. The topological polar surface area (TPSA) is 77.9 Å². The summed E-state index contributed by atoms with van der Waals surface area (Å²) in [5, 5.41) is 15.2. The number of aryl methyl sites for hydroxylation is 1. The van der Waals surface area contributed by atoms with Crippen molar-refractivity contribution in [3.63, 3.8) is 0 Å². The van der Waals surface area contributed by atoms with Gasteiger partial charge in [-0.05, 0) is 18.4 Å². The van der Waals surface area contributed by atoms with Crippen molar-refractivity contribution >= 4 is 33.3 Å². The van der Waals surface area contributed by atoms with Crippen LogP contribution in [-0.4, -0.2) is 22.0 Å². The van der Waals surface area contributed by atoms with E-state index in [1.54, 1.807) is 11.3 Å². The van der Waals surface area contributed by atoms with E-state index >= 15 is 0 Å². The second kappa shape index (κ2) is 6.17. The summed E-state index contributed by atoms with van der Waals surface area (Å²) in [6, 6.07) is 1.27. The zero-order valence-corrected chi connectivity index (χ0v) is 12.7. The summed E-state index contributed by atoms with van der Waals surface area (Å²) in [4.78, 5) is 21.8. The molecule has 0 bridgehead atoms. The van der Waals surface area contributed by atoms with E-state index < -0.39 is 12.0 Å². The van der Waals surface area contributed by atoms with E-state index in [2.05, 4.69) is 22.2 Å². The second-order valence-electron chi connectivity index (χ2n) is 4.83. The summed E-state index contributed by atoms with van der Waals surface area (Å²) >= 11 is 1.61. The highest BCUT2D eigenvalue weighted by atomic mass is 32.1. The van der Waals surface area contributed by atoms with Gasteiger partial charge in [-0.1, -0.05) is 27.2 Å². The highest BCUT2D eigenvalue weighted by molar-refractivity contribution is 7.18. The first-order chi connectivity index (χ1) is 9.56. The third kappa shape index (κ3) is 2.90. The van der Waals surface area contributed by atoms with Crippen LogP contribution in [0, 0.1) is 5.92 Å². The van der Waals surface area contributed by atoms with Crippen LogP contribution in [0.1, 0.15) is 32.1 Å². The largest absolute Gasteiger partial charge is 0.548 e. The third-order valence-corrected chi connectivity index (χ3v) is 4.68. The number of hydrogen-bond acceptors (Lipinski definition) is 6. The Morgan fingerprint density at radius 3 is 2.80 bits per heavy atom. The van der Waals surface area contributed by atoms with E-state index in [1.165, 1.54) is 11.2 Å². The Kier molecular flexibility index (Phi) is 4.54. The second-order valence-corrected chi connectivity index (χ2v) is 5.95. The minimum absolute atomic E-state index is 0.0331. The van der Waals surface area contributed by atoms with E-state index in [1.807, 2.05) is 19.9 Å². The third-order valence-electron chi connectivity index (χ3n) is 3.49. The summed E-state index contributed by atoms with van der Waals surface area (Å²) in [7, 11) is 0. The number of thiophene rings is 1. The van der Waals surface area contributed by atoms with E-state index in [4.69, 9.17) is 0 Å². The smallest absolute Gasteiger partial charge is 0.138 e. The normalized spacial score (nSPS) is 14.2. The van der Waals surface area contributed by atoms with Crippen LogP contribution in [0.15, 0.2) is 12.4 Å². The molecule has 0 aliphatic heterocycles. The van der Waals surface area contributed by atoms with Gasteiger partial charge in [0.05, 0.1) is 17.4 Å². The molecule has 6 heteroatoms. The minimum atomic E-state index is -1.10. The molecular formula is C14H18N3O2S-. The molecule has 2 atom stereocenters. The summed E-state index contributed by atoms with van der Waals surface area (Å²) < 4.78 is 0. The molecule has 20 heavy (non-hydrogen) atoms. The molecule has 0 aromatic carbocycles. The van der Waals surface area contributed by atoms with Crippen LogP contribution in [0.25, 0.3) is 10.2 Å². The number of nitrogens with one attached hydrogen (secondary N) is 1. The van der Waals surface area contributed by atoms with Crippen LogP contribution >= 0.6 is 11.3 Å². The predicted octanol–water partition coefficient (Wildman–Crippen LogP) is 1.83. The van der Waals surface area contributed by atoms with Gasteiger partial charge in [0.15, 0.2) is 0 Å². The monoisotopic (exact) mass is 292 g/mol. The lowest BCUT2D eigenvalue weighted by atomic mass is 9.99. The number of aliphatic carboxylic acids is 1. The summed E-state index contributed by atoms with van der Waals surface area (Å²) in [5.74, 6) is -0.563. The lowest BCUT2D eigenvalue weighted by Gasteiger charge is -2.25. The van der Waals surface area contributed by atoms with Crippen LogP contribution in [0.3, 0.4) is 0 Å². The fourth-order valence-corrected chi connectivity index (χ4v) is 2.95. The van der Waals surface area contributed by atoms with Gasteiger partial charge >= 0.3 is 0 Å². The van der Waals surface area contributed by atoms with E-state index in [-0.39, 0.29) is 5.92 Å². The number of carbonyl (C=O) groups excluding carboxylic acids is 1. The highest BCUT2D eigenvalue weighted by Gasteiger charge is 2.19. The lowest BCUT2D eigenvalue weighted by Crippen LogP contribution is -2.45. The Morgan fingerprint density at radius 2 is 2.20 bits per heavy atom. The standard InChI is InChI=1S/C14H19N3O2S/c1-4-8(3)11(14(18)19)17-12-10-6-9(5-2)20-13(10)16-7-15-12/h6-8,11H,4-5H2,1-3H3,(H,18,19)(H,15,16,17)/p-1/t8-,11+/m0/s1. The fraction of sp³-hybridized carbons (Fsp3) is 0.500. The highest BCUT2D eigenvalue weighted by Crippen LogP contribution is 2.29. The molecular weight excluding hydrogens is 274 g/mol. The first-order valence-corrected chi connectivity index (χ1v) is 7.59. The van der Waals surface area contributed by atoms with Crippen LogP contribution in [-0.2, 0) is 11.2 Å².